The average Bonchev–Trinajstić information content (AvgIpc) is 2.47. The van der Waals surface area contributed by atoms with Gasteiger partial charge in [0.05, 0.1) is 17.7 Å². The number of carbonyl (C=O) groups excluding carboxylic acids is 1. The third-order valence-corrected chi connectivity index (χ3v) is 2.99. The SMILES string of the molecule is COc1ccc(Cl)cc1NC(=O)c1ccc([N+](=O)[O-])cc1. The fourth-order valence-electron chi connectivity index (χ4n) is 1.71. The fourth-order valence-corrected chi connectivity index (χ4v) is 1.88. The number of ether oxygens (including phenoxy) is 1. The summed E-state index contributed by atoms with van der Waals surface area (Å²) < 4.78 is 5.12. The largest absolute Gasteiger partial charge is 0.495 e. The predicted molar refractivity (Wildman–Crippen MR) is 79.1 cm³/mol. The Morgan fingerprint density at radius 3 is 2.48 bits per heavy atom. The van der Waals surface area contributed by atoms with Crippen molar-refractivity contribution in [2.24, 2.45) is 0 Å². The van der Waals surface area contributed by atoms with E-state index in [0.717, 1.165) is 0 Å². The Hall–Kier alpha value is -2.60. The van der Waals surface area contributed by atoms with E-state index in [2.05, 4.69) is 5.32 Å². The maximum atomic E-state index is 12.1. The van der Waals surface area contributed by atoms with Gasteiger partial charge in [-0.1, -0.05) is 11.6 Å². The zero-order chi connectivity index (χ0) is 15.4. The van der Waals surface area contributed by atoms with Crippen molar-refractivity contribution in [3.05, 3.63) is 63.2 Å². The molecule has 0 atom stereocenters. The minimum Gasteiger partial charge on any atom is -0.495 e. The Morgan fingerprint density at radius 1 is 1.24 bits per heavy atom. The van der Waals surface area contributed by atoms with Gasteiger partial charge in [0.1, 0.15) is 5.75 Å². The average molecular weight is 307 g/mol. The van der Waals surface area contributed by atoms with E-state index in [0.29, 0.717) is 22.0 Å². The Morgan fingerprint density at radius 2 is 1.90 bits per heavy atom. The monoisotopic (exact) mass is 306 g/mol. The molecule has 0 aliphatic carbocycles. The maximum absolute atomic E-state index is 12.1. The molecule has 0 heterocycles. The van der Waals surface area contributed by atoms with Gasteiger partial charge in [-0.05, 0) is 30.3 Å². The van der Waals surface area contributed by atoms with Crippen LogP contribution in [0.2, 0.25) is 5.02 Å². The molecule has 0 aromatic heterocycles. The molecule has 2 rings (SSSR count). The van der Waals surface area contributed by atoms with E-state index in [1.54, 1.807) is 18.2 Å². The van der Waals surface area contributed by atoms with E-state index in [9.17, 15) is 14.9 Å². The summed E-state index contributed by atoms with van der Waals surface area (Å²) in [4.78, 5) is 22.1. The molecule has 0 saturated heterocycles. The van der Waals surface area contributed by atoms with Gasteiger partial charge in [-0.3, -0.25) is 14.9 Å². The second kappa shape index (κ2) is 6.23. The van der Waals surface area contributed by atoms with Gasteiger partial charge in [-0.15, -0.1) is 0 Å². The van der Waals surface area contributed by atoms with E-state index >= 15 is 0 Å². The van der Waals surface area contributed by atoms with Crippen molar-refractivity contribution in [3.63, 3.8) is 0 Å². The van der Waals surface area contributed by atoms with E-state index < -0.39 is 10.8 Å². The Bertz CT molecular complexity index is 686. The lowest BCUT2D eigenvalue weighted by Gasteiger charge is -2.10. The van der Waals surface area contributed by atoms with Crippen molar-refractivity contribution in [2.45, 2.75) is 0 Å². The van der Waals surface area contributed by atoms with Gasteiger partial charge < -0.3 is 10.1 Å². The summed E-state index contributed by atoms with van der Waals surface area (Å²) in [6, 6.07) is 10.1. The second-order valence-corrected chi connectivity index (χ2v) is 4.54. The summed E-state index contributed by atoms with van der Waals surface area (Å²) >= 11 is 5.88. The highest BCUT2D eigenvalue weighted by atomic mass is 35.5. The predicted octanol–water partition coefficient (Wildman–Crippen LogP) is 3.51. The number of nitro benzene ring substituents is 1. The summed E-state index contributed by atoms with van der Waals surface area (Å²) in [6.07, 6.45) is 0. The number of nitrogens with zero attached hydrogens (tertiary/aromatic N) is 1. The molecule has 0 unspecified atom stereocenters. The third kappa shape index (κ3) is 3.49. The normalized spacial score (nSPS) is 10.0. The molecule has 0 bridgehead atoms. The molecule has 2 aromatic rings. The molecule has 0 aliphatic heterocycles. The number of methoxy groups -OCH3 is 1. The zero-order valence-electron chi connectivity index (χ0n) is 11.0. The molecule has 7 heteroatoms. The van der Waals surface area contributed by atoms with Crippen LogP contribution < -0.4 is 10.1 Å². The summed E-state index contributed by atoms with van der Waals surface area (Å²) in [6.45, 7) is 0. The van der Waals surface area contributed by atoms with Crippen LogP contribution in [0.1, 0.15) is 10.4 Å². The standard InChI is InChI=1S/C14H11ClN2O4/c1-21-13-7-4-10(15)8-12(13)16-14(18)9-2-5-11(6-3-9)17(19)20/h2-8H,1H3,(H,16,18). The van der Waals surface area contributed by atoms with Crippen LogP contribution in [0.5, 0.6) is 5.75 Å². The first kappa shape index (κ1) is 14.8. The van der Waals surface area contributed by atoms with Crippen LogP contribution in [0, 0.1) is 10.1 Å². The van der Waals surface area contributed by atoms with E-state index in [1.165, 1.54) is 31.4 Å². The van der Waals surface area contributed by atoms with Gasteiger partial charge in [-0.2, -0.15) is 0 Å². The number of rotatable bonds is 4. The summed E-state index contributed by atoms with van der Waals surface area (Å²) in [5.41, 5.74) is 0.642. The number of anilines is 1. The molecule has 0 fully saturated rings. The van der Waals surface area contributed by atoms with Gasteiger partial charge >= 0.3 is 0 Å². The molecule has 0 aliphatic rings. The van der Waals surface area contributed by atoms with Gasteiger partial charge in [-0.25, -0.2) is 0 Å². The molecule has 108 valence electrons. The van der Waals surface area contributed by atoms with Crippen molar-refractivity contribution in [1.29, 1.82) is 0 Å². The van der Waals surface area contributed by atoms with Crippen molar-refractivity contribution in [3.8, 4) is 5.75 Å². The molecule has 0 radical (unpaired) electrons. The minimum absolute atomic E-state index is 0.0770. The quantitative estimate of drug-likeness (QED) is 0.692. The van der Waals surface area contributed by atoms with E-state index in [1.807, 2.05) is 0 Å². The molecule has 1 amide bonds. The number of hydrogen-bond donors (Lipinski definition) is 1. The van der Waals surface area contributed by atoms with Gasteiger partial charge in [0.25, 0.3) is 11.6 Å². The van der Waals surface area contributed by atoms with Crippen molar-refractivity contribution in [1.82, 2.24) is 0 Å². The highest BCUT2D eigenvalue weighted by Gasteiger charge is 2.12. The molecule has 0 saturated carbocycles. The number of hydrogen-bond acceptors (Lipinski definition) is 4. The van der Waals surface area contributed by atoms with Crippen molar-refractivity contribution in [2.75, 3.05) is 12.4 Å². The number of halogens is 1. The lowest BCUT2D eigenvalue weighted by atomic mass is 10.2. The number of amides is 1. The highest BCUT2D eigenvalue weighted by molar-refractivity contribution is 6.31. The number of carbonyl (C=O) groups is 1. The third-order valence-electron chi connectivity index (χ3n) is 2.75. The topological polar surface area (TPSA) is 81.5 Å². The first-order chi connectivity index (χ1) is 10.0. The van der Waals surface area contributed by atoms with Crippen LogP contribution in [0.4, 0.5) is 11.4 Å². The first-order valence-electron chi connectivity index (χ1n) is 5.90. The molecular weight excluding hydrogens is 296 g/mol. The Balaban J connectivity index is 2.21. The number of nitrogens with one attached hydrogen (secondary N) is 1. The zero-order valence-corrected chi connectivity index (χ0v) is 11.8. The summed E-state index contributed by atoms with van der Waals surface area (Å²) in [7, 11) is 1.48. The number of nitro groups is 1. The van der Waals surface area contributed by atoms with Crippen LogP contribution in [-0.4, -0.2) is 17.9 Å². The van der Waals surface area contributed by atoms with Gasteiger partial charge in [0, 0.05) is 22.7 Å². The molecule has 2 aromatic carbocycles. The smallest absolute Gasteiger partial charge is 0.269 e. The van der Waals surface area contributed by atoms with Crippen LogP contribution in [-0.2, 0) is 0 Å². The molecule has 6 nitrogen and oxygen atoms in total. The van der Waals surface area contributed by atoms with Gasteiger partial charge in [0.15, 0.2) is 0 Å². The Labute approximate surface area is 125 Å². The van der Waals surface area contributed by atoms with E-state index in [-0.39, 0.29) is 5.69 Å². The lowest BCUT2D eigenvalue weighted by Crippen LogP contribution is -2.12. The van der Waals surface area contributed by atoms with Crippen LogP contribution in [0.15, 0.2) is 42.5 Å². The molecule has 0 spiro atoms. The lowest BCUT2D eigenvalue weighted by molar-refractivity contribution is -0.384. The van der Waals surface area contributed by atoms with Crippen LogP contribution >= 0.6 is 11.6 Å². The number of non-ortho nitro benzene ring substituents is 1. The highest BCUT2D eigenvalue weighted by Crippen LogP contribution is 2.28. The first-order valence-corrected chi connectivity index (χ1v) is 6.28. The van der Waals surface area contributed by atoms with Gasteiger partial charge in [0.2, 0.25) is 0 Å². The van der Waals surface area contributed by atoms with Crippen LogP contribution in [0.25, 0.3) is 0 Å². The number of benzene rings is 2. The van der Waals surface area contributed by atoms with Crippen molar-refractivity contribution < 1.29 is 14.5 Å². The molecule has 1 N–H and O–H groups in total. The maximum Gasteiger partial charge on any atom is 0.269 e. The van der Waals surface area contributed by atoms with Crippen molar-refractivity contribution >= 4 is 28.9 Å². The Kier molecular flexibility index (Phi) is 4.39. The summed E-state index contributed by atoms with van der Waals surface area (Å²) in [5.74, 6) is 0.0557. The van der Waals surface area contributed by atoms with Crippen LogP contribution in [0.3, 0.4) is 0 Å². The summed E-state index contributed by atoms with van der Waals surface area (Å²) in [5, 5.41) is 13.7. The van der Waals surface area contributed by atoms with E-state index in [4.69, 9.17) is 16.3 Å². The molecular formula is C14H11ClN2O4. The fraction of sp³-hybridized carbons (Fsp3) is 0.0714. The minimum atomic E-state index is -0.526. The second-order valence-electron chi connectivity index (χ2n) is 4.10. The molecule has 21 heavy (non-hydrogen) atoms.